The molecule has 1 fully saturated rings. The van der Waals surface area contributed by atoms with Crippen LogP contribution in [0.1, 0.15) is 58.4 Å². The Kier molecular flexibility index (Phi) is 12.4. The highest BCUT2D eigenvalue weighted by Gasteiger charge is 2.40. The summed E-state index contributed by atoms with van der Waals surface area (Å²) >= 11 is 0. The molecule has 6 atom stereocenters. The van der Waals surface area contributed by atoms with Gasteiger partial charge in [0.1, 0.15) is 6.04 Å². The summed E-state index contributed by atoms with van der Waals surface area (Å²) in [5, 5.41) is 2.85. The summed E-state index contributed by atoms with van der Waals surface area (Å²) in [4.78, 5) is 40.8. The van der Waals surface area contributed by atoms with Crippen molar-refractivity contribution < 1.29 is 28.6 Å². The lowest BCUT2D eigenvalue weighted by Gasteiger charge is -2.35. The number of carbonyl (C=O) groups excluding carboxylic acids is 3. The maximum Gasteiger partial charge on any atom is 0.328 e. The fraction of sp³-hybridized carbons (Fsp3) is 0.679. The van der Waals surface area contributed by atoms with Gasteiger partial charge in [-0.1, -0.05) is 57.5 Å². The Balaban J connectivity index is 2.08. The second kappa shape index (κ2) is 15.0. The molecule has 36 heavy (non-hydrogen) atoms. The molecule has 1 aromatic carbocycles. The zero-order valence-electron chi connectivity index (χ0n) is 22.7. The first-order valence-corrected chi connectivity index (χ1v) is 13.0. The molecule has 1 N–H and O–H groups in total. The van der Waals surface area contributed by atoms with E-state index in [1.165, 1.54) is 7.11 Å². The van der Waals surface area contributed by atoms with Crippen molar-refractivity contribution in [2.75, 3.05) is 27.9 Å². The number of nitrogens with zero attached hydrogens (tertiary/aromatic N) is 1. The third kappa shape index (κ3) is 8.30. The number of amides is 2. The minimum Gasteiger partial charge on any atom is -0.467 e. The van der Waals surface area contributed by atoms with Gasteiger partial charge in [0, 0.05) is 27.2 Å². The summed E-state index contributed by atoms with van der Waals surface area (Å²) in [5.74, 6) is -0.878. The highest BCUT2D eigenvalue weighted by molar-refractivity contribution is 5.86. The van der Waals surface area contributed by atoms with E-state index in [4.69, 9.17) is 14.2 Å². The predicted molar refractivity (Wildman–Crippen MR) is 138 cm³/mol. The summed E-state index contributed by atoms with van der Waals surface area (Å²) in [6.07, 6.45) is 3.50. The van der Waals surface area contributed by atoms with Crippen LogP contribution in [0.15, 0.2) is 30.3 Å². The Hall–Kier alpha value is -2.45. The zero-order chi connectivity index (χ0) is 26.7. The number of esters is 1. The minimum absolute atomic E-state index is 0.0267. The van der Waals surface area contributed by atoms with E-state index in [2.05, 4.69) is 19.2 Å². The minimum atomic E-state index is -0.811. The lowest BCUT2D eigenvalue weighted by molar-refractivity contribution is -0.147. The molecule has 1 saturated heterocycles. The van der Waals surface area contributed by atoms with Gasteiger partial charge in [-0.2, -0.15) is 0 Å². The number of methoxy groups -OCH3 is 3. The Morgan fingerprint density at radius 3 is 2.36 bits per heavy atom. The van der Waals surface area contributed by atoms with E-state index in [-0.39, 0.29) is 24.0 Å². The molecule has 8 heteroatoms. The third-order valence-electron chi connectivity index (χ3n) is 7.36. The SMILES string of the molecule is CC[C@H](C)C[C@@H](CC(=O)N1CCC[C@H]1[C@H](OC)[C@@H](C)C(=O)N[C@@H](Cc1ccccc1)C(=O)OC)OC. The number of ether oxygens (including phenoxy) is 3. The van der Waals surface area contributed by atoms with Crippen LogP contribution in [0.4, 0.5) is 0 Å². The first kappa shape index (κ1) is 29.8. The van der Waals surface area contributed by atoms with Crippen LogP contribution in [0.25, 0.3) is 0 Å². The summed E-state index contributed by atoms with van der Waals surface area (Å²) in [7, 11) is 4.53. The number of nitrogens with one attached hydrogen (secondary N) is 1. The number of rotatable bonds is 14. The number of hydrogen-bond acceptors (Lipinski definition) is 6. The van der Waals surface area contributed by atoms with Gasteiger partial charge in [0.25, 0.3) is 0 Å². The lowest BCUT2D eigenvalue weighted by atomic mass is 9.93. The van der Waals surface area contributed by atoms with E-state index in [1.54, 1.807) is 21.1 Å². The zero-order valence-corrected chi connectivity index (χ0v) is 22.7. The van der Waals surface area contributed by atoms with Gasteiger partial charge in [-0.05, 0) is 30.7 Å². The first-order valence-electron chi connectivity index (χ1n) is 13.0. The third-order valence-corrected chi connectivity index (χ3v) is 7.36. The number of benzene rings is 1. The number of likely N-dealkylation sites (tertiary alicyclic amines) is 1. The Labute approximate surface area is 216 Å². The standard InChI is InChI=1S/C28H44N2O6/c1-7-19(2)16-22(34-4)18-25(31)30-15-11-14-24(30)26(35-5)20(3)27(32)29-23(28(33)36-6)17-21-12-9-8-10-13-21/h8-10,12-13,19-20,22-24,26H,7,11,14-18H2,1-6H3,(H,29,32)/t19-,20+,22-,23-,24-,26+/m0/s1. The van der Waals surface area contributed by atoms with Crippen molar-refractivity contribution in [3.63, 3.8) is 0 Å². The van der Waals surface area contributed by atoms with Crippen LogP contribution >= 0.6 is 0 Å². The van der Waals surface area contributed by atoms with Gasteiger partial charge >= 0.3 is 5.97 Å². The maximum atomic E-state index is 13.3. The van der Waals surface area contributed by atoms with Crippen LogP contribution in [0.5, 0.6) is 0 Å². The van der Waals surface area contributed by atoms with Gasteiger partial charge in [0.05, 0.1) is 37.7 Å². The molecule has 8 nitrogen and oxygen atoms in total. The van der Waals surface area contributed by atoms with E-state index in [1.807, 2.05) is 35.2 Å². The fourth-order valence-electron chi connectivity index (χ4n) is 4.97. The molecule has 0 spiro atoms. The lowest BCUT2D eigenvalue weighted by Crippen LogP contribution is -2.52. The second-order valence-electron chi connectivity index (χ2n) is 9.87. The van der Waals surface area contributed by atoms with E-state index in [9.17, 15) is 14.4 Å². The van der Waals surface area contributed by atoms with Gasteiger partial charge in [0.2, 0.25) is 11.8 Å². The molecule has 0 aromatic heterocycles. The van der Waals surface area contributed by atoms with Gasteiger partial charge in [-0.3, -0.25) is 9.59 Å². The van der Waals surface area contributed by atoms with E-state index in [0.717, 1.165) is 31.2 Å². The molecule has 0 unspecified atom stereocenters. The summed E-state index contributed by atoms with van der Waals surface area (Å²) in [6, 6.07) is 8.45. The van der Waals surface area contributed by atoms with E-state index in [0.29, 0.717) is 25.3 Å². The molecule has 202 valence electrons. The summed E-state index contributed by atoms with van der Waals surface area (Å²) < 4.78 is 16.3. The molecular formula is C28H44N2O6. The molecular weight excluding hydrogens is 460 g/mol. The summed E-state index contributed by atoms with van der Waals surface area (Å²) in [5.41, 5.74) is 0.918. The highest BCUT2D eigenvalue weighted by atomic mass is 16.5. The monoisotopic (exact) mass is 504 g/mol. The molecule has 1 aliphatic heterocycles. The van der Waals surface area contributed by atoms with Crippen LogP contribution in [0.2, 0.25) is 0 Å². The number of hydrogen-bond donors (Lipinski definition) is 1. The second-order valence-corrected chi connectivity index (χ2v) is 9.87. The van der Waals surface area contributed by atoms with Crippen molar-refractivity contribution in [2.24, 2.45) is 11.8 Å². The molecule has 2 rings (SSSR count). The molecule has 0 radical (unpaired) electrons. The topological polar surface area (TPSA) is 94.2 Å². The Bertz CT molecular complexity index is 833. The van der Waals surface area contributed by atoms with Crippen LogP contribution < -0.4 is 5.32 Å². The smallest absolute Gasteiger partial charge is 0.328 e. The fourth-order valence-corrected chi connectivity index (χ4v) is 4.97. The molecule has 0 aliphatic carbocycles. The normalized spacial score (nSPS) is 19.7. The molecule has 1 heterocycles. The molecule has 2 amide bonds. The van der Waals surface area contributed by atoms with Crippen LogP contribution in [-0.2, 0) is 35.0 Å². The predicted octanol–water partition coefficient (Wildman–Crippen LogP) is 3.37. The average Bonchev–Trinajstić information content (AvgIpc) is 3.37. The van der Waals surface area contributed by atoms with Crippen molar-refractivity contribution >= 4 is 17.8 Å². The van der Waals surface area contributed by atoms with Crippen molar-refractivity contribution in [1.82, 2.24) is 10.2 Å². The largest absolute Gasteiger partial charge is 0.467 e. The van der Waals surface area contributed by atoms with Gasteiger partial charge in [-0.25, -0.2) is 4.79 Å². The van der Waals surface area contributed by atoms with Crippen LogP contribution in [0, 0.1) is 11.8 Å². The van der Waals surface area contributed by atoms with Gasteiger partial charge in [0.15, 0.2) is 0 Å². The van der Waals surface area contributed by atoms with Gasteiger partial charge < -0.3 is 24.4 Å². The van der Waals surface area contributed by atoms with E-state index < -0.39 is 24.0 Å². The number of carbonyl (C=O) groups is 3. The van der Waals surface area contributed by atoms with Crippen molar-refractivity contribution in [3.8, 4) is 0 Å². The van der Waals surface area contributed by atoms with Crippen LogP contribution in [0.3, 0.4) is 0 Å². The highest BCUT2D eigenvalue weighted by Crippen LogP contribution is 2.28. The Morgan fingerprint density at radius 1 is 1.08 bits per heavy atom. The van der Waals surface area contributed by atoms with E-state index >= 15 is 0 Å². The van der Waals surface area contributed by atoms with Crippen molar-refractivity contribution in [1.29, 1.82) is 0 Å². The molecule has 0 bridgehead atoms. The molecule has 1 aliphatic rings. The quantitative estimate of drug-likeness (QED) is 0.391. The molecule has 1 aromatic rings. The first-order chi connectivity index (χ1) is 17.2. The van der Waals surface area contributed by atoms with Gasteiger partial charge in [-0.15, -0.1) is 0 Å². The average molecular weight is 505 g/mol. The summed E-state index contributed by atoms with van der Waals surface area (Å²) in [6.45, 7) is 6.71. The maximum absolute atomic E-state index is 13.3. The van der Waals surface area contributed by atoms with Crippen LogP contribution in [-0.4, -0.2) is 74.8 Å². The van der Waals surface area contributed by atoms with Crippen molar-refractivity contribution in [3.05, 3.63) is 35.9 Å². The Morgan fingerprint density at radius 2 is 1.78 bits per heavy atom. The van der Waals surface area contributed by atoms with Crippen molar-refractivity contribution in [2.45, 2.75) is 83.6 Å². The molecule has 0 saturated carbocycles.